The zero-order chi connectivity index (χ0) is 16.2. The number of nitriles is 1. The Labute approximate surface area is 135 Å². The summed E-state index contributed by atoms with van der Waals surface area (Å²) in [6.45, 7) is 11.2. The Kier molecular flexibility index (Phi) is 3.47. The molecule has 2 bridgehead atoms. The SMILES string of the molecule is CC(C)(C#N)C1CC=CC=C1O[C@H]1C(C)(C)[C@H]2CC[C@]1(C)C2. The minimum Gasteiger partial charge on any atom is -0.493 e. The maximum absolute atomic E-state index is 9.53. The van der Waals surface area contributed by atoms with Gasteiger partial charge < -0.3 is 4.74 Å². The Morgan fingerprint density at radius 3 is 2.64 bits per heavy atom. The van der Waals surface area contributed by atoms with Gasteiger partial charge in [-0.1, -0.05) is 32.9 Å². The van der Waals surface area contributed by atoms with Gasteiger partial charge >= 0.3 is 0 Å². The fourth-order valence-corrected chi connectivity index (χ4v) is 5.15. The highest BCUT2D eigenvalue weighted by Crippen LogP contribution is 2.64. The number of nitrogens with zero attached hydrogens (tertiary/aromatic N) is 1. The molecule has 3 aliphatic rings. The van der Waals surface area contributed by atoms with Crippen molar-refractivity contribution in [1.82, 2.24) is 0 Å². The quantitative estimate of drug-likeness (QED) is 0.715. The number of rotatable bonds is 3. The summed E-state index contributed by atoms with van der Waals surface area (Å²) >= 11 is 0. The molecule has 120 valence electrons. The van der Waals surface area contributed by atoms with E-state index < -0.39 is 0 Å². The van der Waals surface area contributed by atoms with Crippen LogP contribution < -0.4 is 0 Å². The van der Waals surface area contributed by atoms with Gasteiger partial charge in [-0.3, -0.25) is 0 Å². The standard InChI is InChI=1S/C20H29NO/c1-18(2,13-21)15-8-6-7-9-16(15)22-17-19(3,4)14-10-11-20(17,5)12-14/h6-7,9,14-15,17H,8,10-12H2,1-5H3/t14-,15?,17-,20+/m0/s1. The van der Waals surface area contributed by atoms with Crippen molar-refractivity contribution in [3.63, 3.8) is 0 Å². The molecule has 1 unspecified atom stereocenters. The highest BCUT2D eigenvalue weighted by molar-refractivity contribution is 5.23. The van der Waals surface area contributed by atoms with Crippen molar-refractivity contribution < 1.29 is 4.74 Å². The van der Waals surface area contributed by atoms with E-state index in [1.807, 2.05) is 13.8 Å². The summed E-state index contributed by atoms with van der Waals surface area (Å²) in [7, 11) is 0. The molecule has 2 nitrogen and oxygen atoms in total. The van der Waals surface area contributed by atoms with E-state index in [1.165, 1.54) is 19.3 Å². The lowest BCUT2D eigenvalue weighted by atomic mass is 9.69. The number of allylic oxidation sites excluding steroid dienone is 4. The van der Waals surface area contributed by atoms with Crippen LogP contribution in [0.4, 0.5) is 0 Å². The average Bonchev–Trinajstić information content (AvgIpc) is 2.95. The van der Waals surface area contributed by atoms with Crippen molar-refractivity contribution in [2.24, 2.45) is 28.1 Å². The molecule has 0 heterocycles. The molecule has 0 aromatic carbocycles. The van der Waals surface area contributed by atoms with Gasteiger partial charge in [0.15, 0.2) is 0 Å². The fraction of sp³-hybridized carbons (Fsp3) is 0.750. The summed E-state index contributed by atoms with van der Waals surface area (Å²) in [4.78, 5) is 0. The molecule has 0 aliphatic heterocycles. The Balaban J connectivity index is 1.87. The van der Waals surface area contributed by atoms with Crippen LogP contribution in [-0.4, -0.2) is 6.10 Å². The van der Waals surface area contributed by atoms with Crippen molar-refractivity contribution in [3.05, 3.63) is 24.0 Å². The first-order valence-corrected chi connectivity index (χ1v) is 8.65. The molecule has 0 aromatic rings. The minimum atomic E-state index is -0.390. The molecule has 3 rings (SSSR count). The van der Waals surface area contributed by atoms with Crippen LogP contribution in [0.5, 0.6) is 0 Å². The zero-order valence-corrected chi connectivity index (χ0v) is 14.6. The van der Waals surface area contributed by atoms with Crippen molar-refractivity contribution in [2.75, 3.05) is 0 Å². The second-order valence-electron chi connectivity index (χ2n) is 9.03. The molecule has 3 aliphatic carbocycles. The molecule has 4 atom stereocenters. The van der Waals surface area contributed by atoms with E-state index in [9.17, 15) is 5.26 Å². The lowest BCUT2D eigenvalue weighted by Crippen LogP contribution is -2.43. The highest BCUT2D eigenvalue weighted by atomic mass is 16.5. The van der Waals surface area contributed by atoms with Gasteiger partial charge in [-0.25, -0.2) is 0 Å². The third-order valence-electron chi connectivity index (χ3n) is 6.66. The molecule has 0 radical (unpaired) electrons. The first kappa shape index (κ1) is 15.7. The molecular weight excluding hydrogens is 270 g/mol. The maximum atomic E-state index is 9.53. The Morgan fingerprint density at radius 2 is 2.05 bits per heavy atom. The fourth-order valence-electron chi connectivity index (χ4n) is 5.15. The van der Waals surface area contributed by atoms with Crippen molar-refractivity contribution in [2.45, 2.75) is 66.4 Å². The molecule has 2 saturated carbocycles. The lowest BCUT2D eigenvalue weighted by molar-refractivity contribution is -0.0700. The van der Waals surface area contributed by atoms with Crippen LogP contribution in [0.15, 0.2) is 24.0 Å². The zero-order valence-electron chi connectivity index (χ0n) is 14.6. The van der Waals surface area contributed by atoms with Gasteiger partial charge in [-0.05, 0) is 51.5 Å². The van der Waals surface area contributed by atoms with E-state index in [-0.39, 0.29) is 22.9 Å². The summed E-state index contributed by atoms with van der Waals surface area (Å²) < 4.78 is 6.66. The number of hydrogen-bond donors (Lipinski definition) is 0. The van der Waals surface area contributed by atoms with E-state index in [1.54, 1.807) is 0 Å². The smallest absolute Gasteiger partial charge is 0.109 e. The van der Waals surface area contributed by atoms with E-state index in [2.05, 4.69) is 45.1 Å². The normalized spacial score (nSPS) is 39.5. The van der Waals surface area contributed by atoms with Gasteiger partial charge in [0.05, 0.1) is 11.5 Å². The molecule has 0 aromatic heterocycles. The average molecular weight is 299 g/mol. The van der Waals surface area contributed by atoms with Crippen molar-refractivity contribution in [1.29, 1.82) is 5.26 Å². The second-order valence-corrected chi connectivity index (χ2v) is 9.03. The van der Waals surface area contributed by atoms with Crippen LogP contribution in [-0.2, 0) is 4.74 Å². The van der Waals surface area contributed by atoms with Crippen LogP contribution in [0.1, 0.15) is 60.3 Å². The van der Waals surface area contributed by atoms with Crippen LogP contribution in [0.2, 0.25) is 0 Å². The number of ether oxygens (including phenoxy) is 1. The van der Waals surface area contributed by atoms with Crippen molar-refractivity contribution in [3.8, 4) is 6.07 Å². The van der Waals surface area contributed by atoms with Gasteiger partial charge in [0.25, 0.3) is 0 Å². The van der Waals surface area contributed by atoms with Gasteiger partial charge in [-0.2, -0.15) is 5.26 Å². The predicted molar refractivity (Wildman–Crippen MR) is 88.8 cm³/mol. The molecule has 0 N–H and O–H groups in total. The predicted octanol–water partition coefficient (Wildman–Crippen LogP) is 5.23. The highest BCUT2D eigenvalue weighted by Gasteiger charge is 2.61. The Bertz CT molecular complexity index is 558. The molecular formula is C20H29NO. The number of fused-ring (bicyclic) bond motifs is 2. The molecule has 0 saturated heterocycles. The van der Waals surface area contributed by atoms with Gasteiger partial charge in [0.2, 0.25) is 0 Å². The maximum Gasteiger partial charge on any atom is 0.109 e. The minimum absolute atomic E-state index is 0.168. The Hall–Kier alpha value is -1.23. The van der Waals surface area contributed by atoms with E-state index in [0.717, 1.165) is 18.1 Å². The largest absolute Gasteiger partial charge is 0.493 e. The summed E-state index contributed by atoms with van der Waals surface area (Å²) in [5, 5.41) is 9.53. The summed E-state index contributed by atoms with van der Waals surface area (Å²) in [5.74, 6) is 1.98. The first-order chi connectivity index (χ1) is 10.2. The van der Waals surface area contributed by atoms with E-state index in [0.29, 0.717) is 5.41 Å². The van der Waals surface area contributed by atoms with E-state index >= 15 is 0 Å². The van der Waals surface area contributed by atoms with Crippen molar-refractivity contribution >= 4 is 0 Å². The van der Waals surface area contributed by atoms with Crippen LogP contribution >= 0.6 is 0 Å². The van der Waals surface area contributed by atoms with Gasteiger partial charge in [0, 0.05) is 16.7 Å². The van der Waals surface area contributed by atoms with Crippen LogP contribution in [0.25, 0.3) is 0 Å². The molecule has 0 amide bonds. The molecule has 22 heavy (non-hydrogen) atoms. The Morgan fingerprint density at radius 1 is 1.32 bits per heavy atom. The molecule has 2 heteroatoms. The van der Waals surface area contributed by atoms with E-state index in [4.69, 9.17) is 4.74 Å². The third-order valence-corrected chi connectivity index (χ3v) is 6.66. The first-order valence-electron chi connectivity index (χ1n) is 8.65. The van der Waals surface area contributed by atoms with Crippen LogP contribution in [0.3, 0.4) is 0 Å². The topological polar surface area (TPSA) is 33.0 Å². The lowest BCUT2D eigenvalue weighted by Gasteiger charge is -2.44. The summed E-state index contributed by atoms with van der Waals surface area (Å²) in [6.07, 6.45) is 11.4. The third kappa shape index (κ3) is 2.21. The molecule has 2 fully saturated rings. The number of hydrogen-bond acceptors (Lipinski definition) is 2. The monoisotopic (exact) mass is 299 g/mol. The second kappa shape index (κ2) is 4.88. The van der Waals surface area contributed by atoms with Crippen LogP contribution in [0, 0.1) is 39.4 Å². The molecule has 0 spiro atoms. The van der Waals surface area contributed by atoms with Gasteiger partial charge in [-0.15, -0.1) is 0 Å². The summed E-state index contributed by atoms with van der Waals surface area (Å²) in [6, 6.07) is 2.48. The van der Waals surface area contributed by atoms with Gasteiger partial charge in [0.1, 0.15) is 11.9 Å². The summed E-state index contributed by atoms with van der Waals surface area (Å²) in [5.41, 5.74) is 0.146.